The summed E-state index contributed by atoms with van der Waals surface area (Å²) < 4.78 is 48.4. The maximum atomic E-state index is 14.2. The van der Waals surface area contributed by atoms with Gasteiger partial charge in [-0.25, -0.2) is 13.1 Å². The number of benzene rings is 3. The zero-order valence-corrected chi connectivity index (χ0v) is 40.7. The maximum absolute atomic E-state index is 14.2. The summed E-state index contributed by atoms with van der Waals surface area (Å²) in [5.74, 6) is 0.207. The number of amides is 1. The van der Waals surface area contributed by atoms with Gasteiger partial charge in [0.05, 0.1) is 28.1 Å². The summed E-state index contributed by atoms with van der Waals surface area (Å²) in [6.45, 7) is 9.38. The van der Waals surface area contributed by atoms with Crippen molar-refractivity contribution in [3.05, 3.63) is 99.7 Å². The van der Waals surface area contributed by atoms with Gasteiger partial charge in [0.25, 0.3) is 27.5 Å². The van der Waals surface area contributed by atoms with E-state index in [0.717, 1.165) is 62.5 Å². The number of methoxy groups -OCH3 is 1. The minimum atomic E-state index is -4.68. The van der Waals surface area contributed by atoms with Crippen molar-refractivity contribution in [3.63, 3.8) is 0 Å². The van der Waals surface area contributed by atoms with Crippen molar-refractivity contribution in [1.82, 2.24) is 19.6 Å². The van der Waals surface area contributed by atoms with E-state index in [9.17, 15) is 28.4 Å². The van der Waals surface area contributed by atoms with Crippen molar-refractivity contribution in [1.29, 1.82) is 0 Å². The third-order valence-electron chi connectivity index (χ3n) is 15.4. The van der Waals surface area contributed by atoms with Gasteiger partial charge in [0.1, 0.15) is 28.6 Å². The molecule has 0 radical (unpaired) electrons. The van der Waals surface area contributed by atoms with Gasteiger partial charge in [-0.15, -0.1) is 11.8 Å². The Labute approximate surface area is 401 Å². The van der Waals surface area contributed by atoms with Crippen LogP contribution in [0.4, 0.5) is 11.4 Å². The molecule has 2 saturated heterocycles. The predicted molar refractivity (Wildman–Crippen MR) is 261 cm³/mol. The highest BCUT2D eigenvalue weighted by atomic mass is 32.2. The molecule has 2 saturated carbocycles. The molecule has 17 heteroatoms. The van der Waals surface area contributed by atoms with Crippen LogP contribution in [0.2, 0.25) is 0 Å². The highest BCUT2D eigenvalue weighted by molar-refractivity contribution is 8.00. The Kier molecular flexibility index (Phi) is 12.4. The van der Waals surface area contributed by atoms with E-state index >= 15 is 0 Å². The second kappa shape index (κ2) is 18.2. The third kappa shape index (κ3) is 9.02. The van der Waals surface area contributed by atoms with Crippen LogP contribution in [-0.4, -0.2) is 89.5 Å². The third-order valence-corrected chi connectivity index (χ3v) is 18.2. The second-order valence-corrected chi connectivity index (χ2v) is 23.1. The Bertz CT molecular complexity index is 2840. The summed E-state index contributed by atoms with van der Waals surface area (Å²) in [5.41, 5.74) is 3.39. The number of nitro benzene ring substituents is 1. The number of carbonyl (C=O) groups is 1. The highest BCUT2D eigenvalue weighted by Crippen LogP contribution is 2.55. The molecular weight excluding hydrogens is 905 g/mol. The summed E-state index contributed by atoms with van der Waals surface area (Å²) in [6.07, 6.45) is 11.3. The van der Waals surface area contributed by atoms with Crippen LogP contribution < -0.4 is 23.8 Å². The van der Waals surface area contributed by atoms with E-state index < -0.39 is 37.0 Å². The first-order valence-electron chi connectivity index (χ1n) is 23.9. The number of ether oxygens (including phenoxy) is 3. The first-order chi connectivity index (χ1) is 32.6. The van der Waals surface area contributed by atoms with Crippen LogP contribution in [0.1, 0.15) is 118 Å². The molecule has 5 heterocycles. The lowest BCUT2D eigenvalue weighted by molar-refractivity contribution is -0.388. The first kappa shape index (κ1) is 46.4. The van der Waals surface area contributed by atoms with E-state index in [0.29, 0.717) is 36.5 Å². The van der Waals surface area contributed by atoms with E-state index in [2.05, 4.69) is 62.6 Å². The van der Waals surface area contributed by atoms with Gasteiger partial charge in [0, 0.05) is 65.9 Å². The number of fused-ring (bicyclic) bond motifs is 2. The number of nitro groups is 1. The summed E-state index contributed by atoms with van der Waals surface area (Å²) in [4.78, 5) is 38.5. The molecule has 10 rings (SSSR count). The van der Waals surface area contributed by atoms with Crippen LogP contribution in [0.25, 0.3) is 11.0 Å². The molecule has 3 N–H and O–H groups in total. The monoisotopic (exact) mass is 964 g/mol. The van der Waals surface area contributed by atoms with Crippen LogP contribution in [0.5, 0.6) is 23.1 Å². The quantitative estimate of drug-likeness (QED) is 0.0792. The number of carbonyl (C=O) groups excluding carboxylic acids is 1. The minimum Gasteiger partial charge on any atom is -0.491 e. The molecule has 68 heavy (non-hydrogen) atoms. The molecule has 5 aromatic rings. The molecule has 15 nitrogen and oxygen atoms in total. The number of aromatic nitrogens is 2. The SMILES string of the molecule is COc1nc2[nH]ccc2cc1Oc1cc(N2CCC3(CC2)CC(N2CCC[C@H]2c2ccccc2C(C)C)C3)ccc1C(=O)NS(=O)(=O)c1cc2c(c([N+](=O)[O-])c1)S[C@@H]([C@H]1CC[C@](C)(O)CC1)CO2. The number of H-pyrrole nitrogens is 1. The lowest BCUT2D eigenvalue weighted by Gasteiger charge is -2.56. The number of hydrogen-bond acceptors (Lipinski definition) is 13. The van der Waals surface area contributed by atoms with E-state index in [4.69, 9.17) is 14.2 Å². The van der Waals surface area contributed by atoms with Crippen LogP contribution in [0, 0.1) is 21.4 Å². The van der Waals surface area contributed by atoms with Crippen LogP contribution in [-0.2, 0) is 10.0 Å². The summed E-state index contributed by atoms with van der Waals surface area (Å²) in [6, 6.07) is 20.9. The van der Waals surface area contributed by atoms with Gasteiger partial charge in [-0.2, -0.15) is 4.98 Å². The number of pyridine rings is 1. The number of sulfonamides is 1. The molecule has 5 aliphatic rings. The molecule has 1 amide bonds. The second-order valence-electron chi connectivity index (χ2n) is 20.2. The van der Waals surface area contributed by atoms with Crippen molar-refractivity contribution < 1.29 is 37.5 Å². The van der Waals surface area contributed by atoms with Crippen molar-refractivity contribution in [3.8, 4) is 23.1 Å². The number of piperidine rings is 1. The number of thioether (sulfide) groups is 1. The molecule has 2 aromatic heterocycles. The average molecular weight is 965 g/mol. The van der Waals surface area contributed by atoms with Crippen molar-refractivity contribution in [2.24, 2.45) is 11.3 Å². The number of nitrogens with zero attached hydrogens (tertiary/aromatic N) is 4. The van der Waals surface area contributed by atoms with Gasteiger partial charge in [0.2, 0.25) is 0 Å². The topological polar surface area (TPSA) is 189 Å². The van der Waals surface area contributed by atoms with Gasteiger partial charge >= 0.3 is 0 Å². The molecule has 0 bridgehead atoms. The number of anilines is 1. The van der Waals surface area contributed by atoms with E-state index in [1.54, 1.807) is 30.5 Å². The molecule has 4 fully saturated rings. The van der Waals surface area contributed by atoms with Crippen molar-refractivity contribution in [2.75, 3.05) is 38.3 Å². The Balaban J connectivity index is 0.875. The maximum Gasteiger partial charge on any atom is 0.288 e. The largest absolute Gasteiger partial charge is 0.491 e. The Hall–Kier alpha value is -5.36. The van der Waals surface area contributed by atoms with Gasteiger partial charge in [0.15, 0.2) is 5.75 Å². The zero-order valence-electron chi connectivity index (χ0n) is 39.0. The van der Waals surface area contributed by atoms with Gasteiger partial charge in [-0.05, 0) is 130 Å². The Morgan fingerprint density at radius 1 is 1.01 bits per heavy atom. The molecule has 0 unspecified atom stereocenters. The number of aliphatic hydroxyl groups is 1. The van der Waals surface area contributed by atoms with Crippen molar-refractivity contribution in [2.45, 2.75) is 124 Å². The molecular formula is C51H60N6O9S2. The Morgan fingerprint density at radius 2 is 1.78 bits per heavy atom. The lowest BCUT2D eigenvalue weighted by atomic mass is 9.59. The van der Waals surface area contributed by atoms with Gasteiger partial charge in [-0.1, -0.05) is 38.1 Å². The van der Waals surface area contributed by atoms with Crippen molar-refractivity contribution >= 4 is 50.1 Å². The summed E-state index contributed by atoms with van der Waals surface area (Å²) >= 11 is 1.31. The molecule has 3 aromatic carbocycles. The smallest absolute Gasteiger partial charge is 0.288 e. The number of nitrogens with one attached hydrogen (secondary N) is 2. The number of rotatable bonds is 12. The van der Waals surface area contributed by atoms with E-state index in [1.165, 1.54) is 61.7 Å². The Morgan fingerprint density at radius 3 is 2.51 bits per heavy atom. The number of aromatic amines is 1. The molecule has 3 aliphatic heterocycles. The first-order valence-corrected chi connectivity index (χ1v) is 26.3. The summed E-state index contributed by atoms with van der Waals surface area (Å²) in [7, 11) is -3.21. The van der Waals surface area contributed by atoms with Crippen LogP contribution in [0.15, 0.2) is 82.7 Å². The van der Waals surface area contributed by atoms with E-state index in [1.807, 2.05) is 13.0 Å². The normalized spacial score (nSPS) is 24.1. The fourth-order valence-electron chi connectivity index (χ4n) is 11.5. The number of likely N-dealkylation sites (tertiary alicyclic amines) is 1. The van der Waals surface area contributed by atoms with Gasteiger partial charge in [-0.3, -0.25) is 19.8 Å². The van der Waals surface area contributed by atoms with Gasteiger partial charge < -0.3 is 29.2 Å². The average Bonchev–Trinajstić information content (AvgIpc) is 3.99. The standard InChI is InChI=1S/C51H60N6O9S2/c1-31(2)37-8-5-6-9-38(37)40-10-7-21-56(40)35-28-51(29-35)18-22-55(23-19-51)34-11-12-39(42(25-34)66-44-24-33-15-20-52-47(33)53-49(44)64-4)48(58)54-68(62,63)36-26-41(57(60)61)46-43(27-36)65-30-45(67-46)32-13-16-50(3,59)17-14-32/h5-6,8-9,11-12,15,20,24-27,31-32,35,40,45,59H,7,10,13-14,16-19,21-23,28-30H2,1-4H3,(H,52,53)(H,54,58)/t32-,40-,45+,50-/m0/s1. The molecule has 360 valence electrons. The summed E-state index contributed by atoms with van der Waals surface area (Å²) in [5, 5.41) is 23.6. The van der Waals surface area contributed by atoms with Crippen LogP contribution >= 0.6 is 11.8 Å². The number of hydrogen-bond donors (Lipinski definition) is 3. The van der Waals surface area contributed by atoms with Crippen LogP contribution in [0.3, 0.4) is 0 Å². The van der Waals surface area contributed by atoms with E-state index in [-0.39, 0.29) is 56.8 Å². The minimum absolute atomic E-state index is 0.0672. The predicted octanol–water partition coefficient (Wildman–Crippen LogP) is 9.89. The fraction of sp³-hybridized carbons (Fsp3) is 0.490. The highest BCUT2D eigenvalue weighted by Gasteiger charge is 2.50. The fourth-order valence-corrected chi connectivity index (χ4v) is 13.9. The molecule has 2 atom stereocenters. The zero-order chi connectivity index (χ0) is 47.5. The lowest BCUT2D eigenvalue weighted by Crippen LogP contribution is -2.54. The molecule has 1 spiro atoms. The molecule has 2 aliphatic carbocycles.